The molecule has 0 bridgehead atoms. The fourth-order valence-electron chi connectivity index (χ4n) is 2.00. The van der Waals surface area contributed by atoms with Gasteiger partial charge in [-0.05, 0) is 26.0 Å². The van der Waals surface area contributed by atoms with Crippen molar-refractivity contribution in [2.45, 2.75) is 13.8 Å². The number of ether oxygens (including phenoxy) is 2. The minimum Gasteiger partial charge on any atom is -0.497 e. The molecule has 19 heavy (non-hydrogen) atoms. The van der Waals surface area contributed by atoms with Crippen LogP contribution in [0.5, 0.6) is 11.5 Å². The van der Waals surface area contributed by atoms with Gasteiger partial charge >= 0.3 is 0 Å². The molecule has 0 radical (unpaired) electrons. The second kappa shape index (κ2) is 5.02. The van der Waals surface area contributed by atoms with E-state index in [4.69, 9.17) is 14.7 Å². The average Bonchev–Trinajstić information content (AvgIpc) is 2.72. The van der Waals surface area contributed by atoms with Crippen molar-refractivity contribution in [2.24, 2.45) is 0 Å². The Morgan fingerprint density at radius 3 is 2.47 bits per heavy atom. The normalized spacial score (nSPS) is 10.1. The van der Waals surface area contributed by atoms with Crippen molar-refractivity contribution in [2.75, 3.05) is 14.2 Å². The standard InChI is InChI=1S/C14H15N3O2/c1-9-12(8-15)10(2)17(16-9)13-7-11(18-3)5-6-14(13)19-4/h5-7H,1-4H3. The quantitative estimate of drug-likeness (QED) is 0.847. The molecule has 0 fully saturated rings. The molecule has 1 heterocycles. The summed E-state index contributed by atoms with van der Waals surface area (Å²) in [7, 11) is 3.20. The zero-order valence-electron chi connectivity index (χ0n) is 11.4. The number of hydrogen-bond donors (Lipinski definition) is 0. The Bertz CT molecular complexity index is 653. The third-order valence-electron chi connectivity index (χ3n) is 3.02. The van der Waals surface area contributed by atoms with Gasteiger partial charge in [0.1, 0.15) is 23.3 Å². The van der Waals surface area contributed by atoms with Crippen LogP contribution >= 0.6 is 0 Å². The van der Waals surface area contributed by atoms with Gasteiger partial charge in [-0.3, -0.25) is 0 Å². The Hall–Kier alpha value is -2.48. The summed E-state index contributed by atoms with van der Waals surface area (Å²) in [6.07, 6.45) is 0. The minimum atomic E-state index is 0.588. The third kappa shape index (κ3) is 2.13. The van der Waals surface area contributed by atoms with E-state index >= 15 is 0 Å². The Balaban J connectivity index is 2.67. The number of methoxy groups -OCH3 is 2. The maximum atomic E-state index is 9.13. The molecule has 0 unspecified atom stereocenters. The average molecular weight is 257 g/mol. The first-order valence-corrected chi connectivity index (χ1v) is 5.81. The zero-order valence-corrected chi connectivity index (χ0v) is 11.4. The molecule has 1 aromatic carbocycles. The van der Waals surface area contributed by atoms with Crippen molar-refractivity contribution in [1.29, 1.82) is 5.26 Å². The zero-order chi connectivity index (χ0) is 14.0. The van der Waals surface area contributed by atoms with E-state index in [-0.39, 0.29) is 0 Å². The molecule has 1 aromatic heterocycles. The second-order valence-electron chi connectivity index (χ2n) is 4.11. The summed E-state index contributed by atoms with van der Waals surface area (Å²) >= 11 is 0. The van der Waals surface area contributed by atoms with Crippen molar-refractivity contribution >= 4 is 0 Å². The van der Waals surface area contributed by atoms with Crippen molar-refractivity contribution < 1.29 is 9.47 Å². The fraction of sp³-hybridized carbons (Fsp3) is 0.286. The molecular weight excluding hydrogens is 242 g/mol. The van der Waals surface area contributed by atoms with E-state index in [2.05, 4.69) is 11.2 Å². The summed E-state index contributed by atoms with van der Waals surface area (Å²) < 4.78 is 12.3. The van der Waals surface area contributed by atoms with Gasteiger partial charge in [0, 0.05) is 6.07 Å². The summed E-state index contributed by atoms with van der Waals surface area (Å²) in [6, 6.07) is 7.63. The molecule has 0 atom stereocenters. The largest absolute Gasteiger partial charge is 0.497 e. The first kappa shape index (κ1) is 13.0. The van der Waals surface area contributed by atoms with E-state index in [1.54, 1.807) is 18.9 Å². The van der Waals surface area contributed by atoms with Crippen LogP contribution in [0.1, 0.15) is 17.0 Å². The molecular formula is C14H15N3O2. The lowest BCUT2D eigenvalue weighted by molar-refractivity contribution is 0.400. The molecule has 0 aliphatic carbocycles. The Morgan fingerprint density at radius 2 is 1.95 bits per heavy atom. The van der Waals surface area contributed by atoms with E-state index < -0.39 is 0 Å². The minimum absolute atomic E-state index is 0.588. The van der Waals surface area contributed by atoms with E-state index in [0.717, 1.165) is 11.4 Å². The highest BCUT2D eigenvalue weighted by Gasteiger charge is 2.16. The van der Waals surface area contributed by atoms with Gasteiger partial charge < -0.3 is 9.47 Å². The number of benzene rings is 1. The highest BCUT2D eigenvalue weighted by atomic mass is 16.5. The maximum Gasteiger partial charge on any atom is 0.144 e. The van der Waals surface area contributed by atoms with Crippen LogP contribution in [-0.4, -0.2) is 24.0 Å². The van der Waals surface area contributed by atoms with Gasteiger partial charge in [0.15, 0.2) is 0 Å². The number of rotatable bonds is 3. The predicted octanol–water partition coefficient (Wildman–Crippen LogP) is 2.38. The lowest BCUT2D eigenvalue weighted by Crippen LogP contribution is -2.02. The number of aromatic nitrogens is 2. The molecule has 5 heteroatoms. The van der Waals surface area contributed by atoms with Crippen molar-refractivity contribution in [1.82, 2.24) is 9.78 Å². The Morgan fingerprint density at radius 1 is 1.21 bits per heavy atom. The lowest BCUT2D eigenvalue weighted by atomic mass is 10.2. The summed E-state index contributed by atoms with van der Waals surface area (Å²) in [6.45, 7) is 3.67. The first-order valence-electron chi connectivity index (χ1n) is 5.81. The topological polar surface area (TPSA) is 60.1 Å². The van der Waals surface area contributed by atoms with Gasteiger partial charge in [-0.1, -0.05) is 0 Å². The van der Waals surface area contributed by atoms with Gasteiger partial charge in [-0.2, -0.15) is 10.4 Å². The molecule has 2 rings (SSSR count). The molecule has 2 aromatic rings. The van der Waals surface area contributed by atoms with E-state index in [1.807, 2.05) is 32.0 Å². The van der Waals surface area contributed by atoms with Gasteiger partial charge in [0.05, 0.1) is 31.2 Å². The van der Waals surface area contributed by atoms with Crippen molar-refractivity contribution in [3.05, 3.63) is 35.2 Å². The number of nitriles is 1. The van der Waals surface area contributed by atoms with E-state index in [1.165, 1.54) is 0 Å². The Labute approximate surface area is 112 Å². The first-order chi connectivity index (χ1) is 9.12. The number of hydrogen-bond acceptors (Lipinski definition) is 4. The van der Waals surface area contributed by atoms with Crippen LogP contribution in [0, 0.1) is 25.2 Å². The molecule has 5 nitrogen and oxygen atoms in total. The highest BCUT2D eigenvalue weighted by Crippen LogP contribution is 2.29. The van der Waals surface area contributed by atoms with Crippen LogP contribution in [0.15, 0.2) is 18.2 Å². The molecule has 0 aliphatic heterocycles. The van der Waals surface area contributed by atoms with E-state index in [0.29, 0.717) is 22.8 Å². The number of nitrogens with zero attached hydrogens (tertiary/aromatic N) is 3. The SMILES string of the molecule is COc1ccc(OC)c(-n2nc(C)c(C#N)c2C)c1. The summed E-state index contributed by atoms with van der Waals surface area (Å²) in [5.41, 5.74) is 2.82. The number of aryl methyl sites for hydroxylation is 1. The third-order valence-corrected chi connectivity index (χ3v) is 3.02. The summed E-state index contributed by atoms with van der Waals surface area (Å²) in [5, 5.41) is 13.5. The Kier molecular flexibility index (Phi) is 3.43. The van der Waals surface area contributed by atoms with Crippen molar-refractivity contribution in [3.8, 4) is 23.3 Å². The van der Waals surface area contributed by atoms with Crippen LogP contribution in [0.3, 0.4) is 0 Å². The van der Waals surface area contributed by atoms with Gasteiger partial charge in [0.2, 0.25) is 0 Å². The highest BCUT2D eigenvalue weighted by molar-refractivity contribution is 5.53. The van der Waals surface area contributed by atoms with Gasteiger partial charge in [-0.25, -0.2) is 4.68 Å². The molecule has 98 valence electrons. The van der Waals surface area contributed by atoms with Gasteiger partial charge in [-0.15, -0.1) is 0 Å². The molecule has 0 aliphatic rings. The second-order valence-corrected chi connectivity index (χ2v) is 4.11. The lowest BCUT2D eigenvalue weighted by Gasteiger charge is -2.11. The van der Waals surface area contributed by atoms with Gasteiger partial charge in [0.25, 0.3) is 0 Å². The fourth-order valence-corrected chi connectivity index (χ4v) is 2.00. The molecule has 0 saturated carbocycles. The summed E-state index contributed by atoms with van der Waals surface area (Å²) in [5.74, 6) is 1.39. The molecule has 0 N–H and O–H groups in total. The maximum absolute atomic E-state index is 9.13. The molecule has 0 spiro atoms. The smallest absolute Gasteiger partial charge is 0.144 e. The van der Waals surface area contributed by atoms with Crippen LogP contribution in [-0.2, 0) is 0 Å². The molecule has 0 saturated heterocycles. The van der Waals surface area contributed by atoms with Crippen molar-refractivity contribution in [3.63, 3.8) is 0 Å². The molecule has 0 amide bonds. The van der Waals surface area contributed by atoms with Crippen LogP contribution < -0.4 is 9.47 Å². The van der Waals surface area contributed by atoms with Crippen LogP contribution in [0.4, 0.5) is 0 Å². The van der Waals surface area contributed by atoms with Crippen LogP contribution in [0.2, 0.25) is 0 Å². The predicted molar refractivity (Wildman–Crippen MR) is 70.9 cm³/mol. The van der Waals surface area contributed by atoms with E-state index in [9.17, 15) is 0 Å². The monoisotopic (exact) mass is 257 g/mol. The summed E-state index contributed by atoms with van der Waals surface area (Å²) in [4.78, 5) is 0. The van der Waals surface area contributed by atoms with Crippen LogP contribution in [0.25, 0.3) is 5.69 Å².